The Kier molecular flexibility index (Phi) is 4.68. The molecule has 7 heteroatoms. The predicted octanol–water partition coefficient (Wildman–Crippen LogP) is 5.13. The molecule has 1 amide bonds. The highest BCUT2D eigenvalue weighted by molar-refractivity contribution is 7.21. The van der Waals surface area contributed by atoms with E-state index in [0.717, 1.165) is 23.1 Å². The van der Waals surface area contributed by atoms with E-state index in [1.54, 1.807) is 6.20 Å². The Labute approximate surface area is 167 Å². The van der Waals surface area contributed by atoms with Gasteiger partial charge in [-0.25, -0.2) is 9.97 Å². The fourth-order valence-electron chi connectivity index (χ4n) is 3.75. The van der Waals surface area contributed by atoms with Gasteiger partial charge in [0.05, 0.1) is 5.69 Å². The molecule has 27 heavy (non-hydrogen) atoms. The second-order valence-corrected chi connectivity index (χ2v) is 9.76. The largest absolute Gasteiger partial charge is 0.397 e. The molecule has 3 N–H and O–H groups in total. The van der Waals surface area contributed by atoms with Crippen molar-refractivity contribution in [2.24, 2.45) is 11.3 Å². The van der Waals surface area contributed by atoms with Crippen LogP contribution in [-0.2, 0) is 12.8 Å². The molecule has 142 valence electrons. The topological polar surface area (TPSA) is 80.9 Å². The molecule has 0 fully saturated rings. The highest BCUT2D eigenvalue weighted by Gasteiger charge is 2.32. The summed E-state index contributed by atoms with van der Waals surface area (Å²) in [4.78, 5) is 22.9. The van der Waals surface area contributed by atoms with E-state index in [2.05, 4.69) is 37.1 Å². The first-order chi connectivity index (χ1) is 12.9. The molecule has 1 aliphatic rings. The summed E-state index contributed by atoms with van der Waals surface area (Å²) in [5.41, 5.74) is 9.64. The van der Waals surface area contributed by atoms with Crippen LogP contribution in [0.3, 0.4) is 0 Å². The summed E-state index contributed by atoms with van der Waals surface area (Å²) in [6.45, 7) is 6.98. The number of carbonyl (C=O) groups excluding carboxylic acids is 1. The average Bonchev–Trinajstić information content (AvgIpc) is 3.27. The van der Waals surface area contributed by atoms with E-state index in [4.69, 9.17) is 10.7 Å². The van der Waals surface area contributed by atoms with Gasteiger partial charge >= 0.3 is 0 Å². The Morgan fingerprint density at radius 2 is 2.26 bits per heavy atom. The van der Waals surface area contributed by atoms with Gasteiger partial charge in [0.2, 0.25) is 0 Å². The quantitative estimate of drug-likeness (QED) is 0.636. The maximum atomic E-state index is 12.6. The molecule has 3 heterocycles. The van der Waals surface area contributed by atoms with Crippen LogP contribution in [0.15, 0.2) is 17.6 Å². The molecule has 3 aromatic rings. The second kappa shape index (κ2) is 6.87. The highest BCUT2D eigenvalue weighted by atomic mass is 32.1. The zero-order valence-electron chi connectivity index (χ0n) is 15.8. The Bertz CT molecular complexity index is 991. The summed E-state index contributed by atoms with van der Waals surface area (Å²) in [6.07, 6.45) is 6.04. The van der Waals surface area contributed by atoms with E-state index in [9.17, 15) is 4.79 Å². The molecule has 0 aliphatic heterocycles. The zero-order valence-corrected chi connectivity index (χ0v) is 17.5. The summed E-state index contributed by atoms with van der Waals surface area (Å²) in [5, 5.41) is 6.12. The normalized spacial score (nSPS) is 17.1. The first-order valence-electron chi connectivity index (χ1n) is 9.30. The maximum absolute atomic E-state index is 12.6. The van der Waals surface area contributed by atoms with Gasteiger partial charge in [0, 0.05) is 22.7 Å². The molecule has 1 aliphatic carbocycles. The minimum absolute atomic E-state index is 0.214. The van der Waals surface area contributed by atoms with Crippen molar-refractivity contribution in [2.75, 3.05) is 11.1 Å². The first kappa shape index (κ1) is 18.4. The van der Waals surface area contributed by atoms with E-state index in [1.807, 2.05) is 5.38 Å². The van der Waals surface area contributed by atoms with Crippen molar-refractivity contribution in [3.05, 3.63) is 33.8 Å². The summed E-state index contributed by atoms with van der Waals surface area (Å²) >= 11 is 2.75. The van der Waals surface area contributed by atoms with Gasteiger partial charge < -0.3 is 5.73 Å². The van der Waals surface area contributed by atoms with Crippen molar-refractivity contribution in [1.82, 2.24) is 9.97 Å². The number of amides is 1. The third kappa shape index (κ3) is 3.34. The number of thiophene rings is 1. The van der Waals surface area contributed by atoms with Gasteiger partial charge in [-0.2, -0.15) is 0 Å². The fraction of sp³-hybridized carbons (Fsp3) is 0.450. The number of hydrogen-bond donors (Lipinski definition) is 2. The van der Waals surface area contributed by atoms with Gasteiger partial charge in [-0.3, -0.25) is 10.1 Å². The number of thiazole rings is 1. The standard InChI is InChI=1S/C20H24N4OS2/c1-4-20(2,3)12-5-6-14-11(9-12)10-13-15(21)16(27-18(13)23-14)17(25)24-19-22-7-8-26-19/h7-8,10,12H,4-6,9,21H2,1-3H3,(H,22,24,25). The van der Waals surface area contributed by atoms with Crippen LogP contribution in [0.1, 0.15) is 54.5 Å². The average molecular weight is 401 g/mol. The molecule has 0 spiro atoms. The lowest BCUT2D eigenvalue weighted by molar-refractivity contribution is 0.103. The number of nitrogen functional groups attached to an aromatic ring is 1. The molecule has 0 saturated heterocycles. The van der Waals surface area contributed by atoms with Crippen LogP contribution < -0.4 is 11.1 Å². The molecule has 1 unspecified atom stereocenters. The van der Waals surface area contributed by atoms with Gasteiger partial charge in [-0.1, -0.05) is 27.2 Å². The Balaban J connectivity index is 1.67. The third-order valence-corrected chi connectivity index (χ3v) is 7.76. The van der Waals surface area contributed by atoms with Crippen molar-refractivity contribution < 1.29 is 4.79 Å². The van der Waals surface area contributed by atoms with E-state index < -0.39 is 0 Å². The van der Waals surface area contributed by atoms with Crippen LogP contribution in [0.5, 0.6) is 0 Å². The summed E-state index contributed by atoms with van der Waals surface area (Å²) in [6, 6.07) is 2.17. The lowest BCUT2D eigenvalue weighted by Crippen LogP contribution is -2.29. The van der Waals surface area contributed by atoms with Gasteiger partial charge in [-0.15, -0.1) is 22.7 Å². The molecule has 3 aromatic heterocycles. The van der Waals surface area contributed by atoms with Crippen molar-refractivity contribution in [1.29, 1.82) is 0 Å². The number of fused-ring (bicyclic) bond motifs is 2. The second-order valence-electron chi connectivity index (χ2n) is 7.87. The monoisotopic (exact) mass is 400 g/mol. The lowest BCUT2D eigenvalue weighted by Gasteiger charge is -2.36. The fourth-order valence-corrected chi connectivity index (χ4v) is 5.27. The van der Waals surface area contributed by atoms with Crippen LogP contribution in [0.4, 0.5) is 10.8 Å². The number of aromatic nitrogens is 2. The minimum atomic E-state index is -0.214. The summed E-state index contributed by atoms with van der Waals surface area (Å²) < 4.78 is 0. The lowest BCUT2D eigenvalue weighted by atomic mass is 9.69. The molecule has 0 radical (unpaired) electrons. The third-order valence-electron chi connectivity index (χ3n) is 5.96. The van der Waals surface area contributed by atoms with Crippen molar-refractivity contribution in [2.45, 2.75) is 46.5 Å². The number of nitrogens with zero attached hydrogens (tertiary/aromatic N) is 2. The van der Waals surface area contributed by atoms with Crippen LogP contribution >= 0.6 is 22.7 Å². The summed E-state index contributed by atoms with van der Waals surface area (Å²) in [7, 11) is 0. The minimum Gasteiger partial charge on any atom is -0.397 e. The Hall–Kier alpha value is -1.99. The first-order valence-corrected chi connectivity index (χ1v) is 11.0. The Morgan fingerprint density at radius 1 is 1.44 bits per heavy atom. The molecule has 0 bridgehead atoms. The number of rotatable bonds is 4. The van der Waals surface area contributed by atoms with Crippen molar-refractivity contribution >= 4 is 49.6 Å². The van der Waals surface area contributed by atoms with Gasteiger partial charge in [-0.05, 0) is 42.2 Å². The van der Waals surface area contributed by atoms with Crippen molar-refractivity contribution in [3.8, 4) is 0 Å². The molecule has 0 aromatic carbocycles. The van der Waals surface area contributed by atoms with Gasteiger partial charge in [0.15, 0.2) is 5.13 Å². The number of nitrogens with two attached hydrogens (primary N) is 1. The number of carbonyl (C=O) groups is 1. The molecular formula is C20H24N4OS2. The van der Waals surface area contributed by atoms with Gasteiger partial charge in [0.25, 0.3) is 5.91 Å². The smallest absolute Gasteiger partial charge is 0.269 e. The van der Waals surface area contributed by atoms with Crippen LogP contribution in [0, 0.1) is 11.3 Å². The summed E-state index contributed by atoms with van der Waals surface area (Å²) in [5.74, 6) is 0.440. The number of aryl methyl sites for hydroxylation is 1. The predicted molar refractivity (Wildman–Crippen MR) is 114 cm³/mol. The van der Waals surface area contributed by atoms with E-state index >= 15 is 0 Å². The molecule has 4 rings (SSSR count). The number of nitrogens with one attached hydrogen (secondary N) is 1. The van der Waals surface area contributed by atoms with E-state index in [1.165, 1.54) is 46.8 Å². The van der Waals surface area contributed by atoms with Crippen LogP contribution in [0.2, 0.25) is 0 Å². The molecule has 5 nitrogen and oxygen atoms in total. The number of anilines is 2. The number of hydrogen-bond acceptors (Lipinski definition) is 6. The number of pyridine rings is 1. The SMILES string of the molecule is CCC(C)(C)C1CCc2nc3sc(C(=O)Nc4nccs4)c(N)c3cc2C1. The maximum Gasteiger partial charge on any atom is 0.269 e. The van der Waals surface area contributed by atoms with Gasteiger partial charge in [0.1, 0.15) is 9.71 Å². The van der Waals surface area contributed by atoms with E-state index in [-0.39, 0.29) is 5.91 Å². The Morgan fingerprint density at radius 3 is 2.96 bits per heavy atom. The molecule has 0 saturated carbocycles. The molecular weight excluding hydrogens is 376 g/mol. The van der Waals surface area contributed by atoms with Crippen LogP contribution in [-0.4, -0.2) is 15.9 Å². The van der Waals surface area contributed by atoms with Crippen molar-refractivity contribution in [3.63, 3.8) is 0 Å². The van der Waals surface area contributed by atoms with Crippen LogP contribution in [0.25, 0.3) is 10.2 Å². The highest BCUT2D eigenvalue weighted by Crippen LogP contribution is 2.42. The zero-order chi connectivity index (χ0) is 19.2. The molecule has 1 atom stereocenters. The van der Waals surface area contributed by atoms with E-state index in [0.29, 0.717) is 27.0 Å².